The lowest BCUT2D eigenvalue weighted by atomic mass is 10.3. The summed E-state index contributed by atoms with van der Waals surface area (Å²) in [6, 6.07) is 7.34. The van der Waals surface area contributed by atoms with Crippen LogP contribution >= 0.6 is 0 Å². The third kappa shape index (κ3) is 2.49. The molecule has 0 radical (unpaired) electrons. The fraction of sp³-hybridized carbons (Fsp3) is 0.417. The molecule has 17 heavy (non-hydrogen) atoms. The summed E-state index contributed by atoms with van der Waals surface area (Å²) in [6.07, 6.45) is 0. The summed E-state index contributed by atoms with van der Waals surface area (Å²) in [5, 5.41) is 2.86. The van der Waals surface area contributed by atoms with Crippen molar-refractivity contribution in [2.75, 3.05) is 17.2 Å². The van der Waals surface area contributed by atoms with Crippen LogP contribution in [0.3, 0.4) is 0 Å². The molecule has 1 aliphatic heterocycles. The lowest BCUT2D eigenvalue weighted by Gasteiger charge is -2.29. The van der Waals surface area contributed by atoms with E-state index >= 15 is 0 Å². The molecule has 2 rings (SSSR count). The second kappa shape index (κ2) is 4.87. The highest BCUT2D eigenvalue weighted by Gasteiger charge is 2.26. The second-order valence-electron chi connectivity index (χ2n) is 4.27. The Labute approximate surface area is 103 Å². The van der Waals surface area contributed by atoms with E-state index in [1.807, 2.05) is 38.1 Å². The summed E-state index contributed by atoms with van der Waals surface area (Å²) in [4.78, 5) is 14.4. The first-order valence-electron chi connectivity index (χ1n) is 5.65. The number of carbonyl (C=O) groups is 1. The molecule has 1 aromatic rings. The standard InChI is InChI=1S/C12H16N2O2S/c1-9(2)13-12(15)14-7-8-17(16)11-6-4-3-5-10(11)14/h3-6,9H,7-8H2,1-2H3,(H,13,15). The van der Waals surface area contributed by atoms with E-state index in [1.165, 1.54) is 0 Å². The predicted molar refractivity (Wildman–Crippen MR) is 68.7 cm³/mol. The Hall–Kier alpha value is -1.36. The van der Waals surface area contributed by atoms with Gasteiger partial charge in [0.15, 0.2) is 0 Å². The van der Waals surface area contributed by atoms with Crippen molar-refractivity contribution in [3.05, 3.63) is 24.3 Å². The lowest BCUT2D eigenvalue weighted by Crippen LogP contribution is -2.46. The first-order chi connectivity index (χ1) is 8.09. The highest BCUT2D eigenvalue weighted by Crippen LogP contribution is 2.27. The van der Waals surface area contributed by atoms with Crippen molar-refractivity contribution in [1.82, 2.24) is 5.32 Å². The molecule has 1 aromatic carbocycles. The van der Waals surface area contributed by atoms with Gasteiger partial charge in [-0.15, -0.1) is 0 Å². The van der Waals surface area contributed by atoms with Crippen LogP contribution < -0.4 is 10.2 Å². The van der Waals surface area contributed by atoms with Crippen molar-refractivity contribution in [2.24, 2.45) is 0 Å². The molecule has 1 atom stereocenters. The summed E-state index contributed by atoms with van der Waals surface area (Å²) in [5.74, 6) is 0.503. The molecule has 1 N–H and O–H groups in total. The van der Waals surface area contributed by atoms with Crippen molar-refractivity contribution < 1.29 is 9.00 Å². The maximum atomic E-state index is 12.0. The molecule has 1 aliphatic rings. The zero-order chi connectivity index (χ0) is 12.4. The van der Waals surface area contributed by atoms with Gasteiger partial charge >= 0.3 is 6.03 Å². The van der Waals surface area contributed by atoms with E-state index in [1.54, 1.807) is 4.90 Å². The number of hydrogen-bond acceptors (Lipinski definition) is 2. The summed E-state index contributed by atoms with van der Waals surface area (Å²) >= 11 is 0. The first-order valence-corrected chi connectivity index (χ1v) is 6.97. The Morgan fingerprint density at radius 2 is 2.12 bits per heavy atom. The quantitative estimate of drug-likeness (QED) is 0.827. The second-order valence-corrected chi connectivity index (χ2v) is 5.81. The van der Waals surface area contributed by atoms with Gasteiger partial charge in [-0.1, -0.05) is 12.1 Å². The van der Waals surface area contributed by atoms with Crippen molar-refractivity contribution >= 4 is 22.5 Å². The van der Waals surface area contributed by atoms with Crippen molar-refractivity contribution in [3.63, 3.8) is 0 Å². The number of rotatable bonds is 1. The molecule has 0 bridgehead atoms. The number of nitrogens with zero attached hydrogens (tertiary/aromatic N) is 1. The Bertz CT molecular complexity index is 460. The van der Waals surface area contributed by atoms with Gasteiger partial charge in [-0.25, -0.2) is 4.79 Å². The van der Waals surface area contributed by atoms with Crippen LogP contribution in [0.15, 0.2) is 29.2 Å². The molecule has 1 heterocycles. The molecule has 0 saturated carbocycles. The minimum atomic E-state index is -0.987. The average Bonchev–Trinajstić information content (AvgIpc) is 2.29. The third-order valence-electron chi connectivity index (χ3n) is 2.56. The Morgan fingerprint density at radius 3 is 2.82 bits per heavy atom. The molecular weight excluding hydrogens is 236 g/mol. The molecule has 0 fully saturated rings. The smallest absolute Gasteiger partial charge is 0.322 e. The molecule has 0 aliphatic carbocycles. The van der Waals surface area contributed by atoms with E-state index in [2.05, 4.69) is 5.32 Å². The fourth-order valence-electron chi connectivity index (χ4n) is 1.81. The van der Waals surface area contributed by atoms with Crippen LogP contribution in [0.1, 0.15) is 13.8 Å². The van der Waals surface area contributed by atoms with Crippen LogP contribution in [0.4, 0.5) is 10.5 Å². The third-order valence-corrected chi connectivity index (χ3v) is 3.95. The molecular formula is C12H16N2O2S. The van der Waals surface area contributed by atoms with Crippen LogP contribution in [0.2, 0.25) is 0 Å². The van der Waals surface area contributed by atoms with Crippen LogP contribution in [-0.2, 0) is 10.8 Å². The van der Waals surface area contributed by atoms with Gasteiger partial charge in [0, 0.05) is 18.3 Å². The zero-order valence-electron chi connectivity index (χ0n) is 9.97. The molecule has 92 valence electrons. The van der Waals surface area contributed by atoms with Gasteiger partial charge in [0.1, 0.15) is 0 Å². The number of para-hydroxylation sites is 1. The molecule has 5 heteroatoms. The largest absolute Gasteiger partial charge is 0.336 e. The molecule has 1 unspecified atom stereocenters. The minimum absolute atomic E-state index is 0.0992. The lowest BCUT2D eigenvalue weighted by molar-refractivity contribution is 0.244. The van der Waals surface area contributed by atoms with Crippen molar-refractivity contribution in [3.8, 4) is 0 Å². The summed E-state index contributed by atoms with van der Waals surface area (Å²) in [7, 11) is -0.987. The van der Waals surface area contributed by atoms with Gasteiger partial charge in [0.05, 0.1) is 21.4 Å². The number of carbonyl (C=O) groups excluding carboxylic acids is 1. The normalized spacial score (nSPS) is 19.0. The fourth-order valence-corrected chi connectivity index (χ4v) is 3.02. The molecule has 0 saturated heterocycles. The maximum absolute atomic E-state index is 12.0. The molecule has 0 spiro atoms. The molecule has 0 aromatic heterocycles. The summed E-state index contributed by atoms with van der Waals surface area (Å²) in [6.45, 7) is 4.35. The summed E-state index contributed by atoms with van der Waals surface area (Å²) in [5.41, 5.74) is 0.759. The van der Waals surface area contributed by atoms with E-state index < -0.39 is 10.8 Å². The van der Waals surface area contributed by atoms with Crippen molar-refractivity contribution in [1.29, 1.82) is 0 Å². The monoisotopic (exact) mass is 252 g/mol. The van der Waals surface area contributed by atoms with Gasteiger partial charge in [-0.05, 0) is 26.0 Å². The average molecular weight is 252 g/mol. The number of anilines is 1. The molecule has 2 amide bonds. The number of nitrogens with one attached hydrogen (secondary N) is 1. The predicted octanol–water partition coefficient (Wildman–Crippen LogP) is 1.73. The Kier molecular flexibility index (Phi) is 3.47. The number of urea groups is 1. The van der Waals surface area contributed by atoms with E-state index in [0.29, 0.717) is 12.3 Å². The van der Waals surface area contributed by atoms with Crippen LogP contribution in [0.25, 0.3) is 0 Å². The van der Waals surface area contributed by atoms with Gasteiger partial charge < -0.3 is 5.32 Å². The Balaban J connectivity index is 2.30. The van der Waals surface area contributed by atoms with Gasteiger partial charge in [0.25, 0.3) is 0 Å². The van der Waals surface area contributed by atoms with Crippen molar-refractivity contribution in [2.45, 2.75) is 24.8 Å². The first kappa shape index (κ1) is 12.1. The number of benzene rings is 1. The molecule has 4 nitrogen and oxygen atoms in total. The van der Waals surface area contributed by atoms with Crippen LogP contribution in [-0.4, -0.2) is 28.6 Å². The highest BCUT2D eigenvalue weighted by molar-refractivity contribution is 7.85. The van der Waals surface area contributed by atoms with E-state index in [-0.39, 0.29) is 12.1 Å². The van der Waals surface area contributed by atoms with Gasteiger partial charge in [-0.2, -0.15) is 0 Å². The highest BCUT2D eigenvalue weighted by atomic mass is 32.2. The zero-order valence-corrected chi connectivity index (χ0v) is 10.8. The maximum Gasteiger partial charge on any atom is 0.322 e. The number of fused-ring (bicyclic) bond motifs is 1. The topological polar surface area (TPSA) is 49.4 Å². The van der Waals surface area contributed by atoms with Gasteiger partial charge in [0.2, 0.25) is 0 Å². The van der Waals surface area contributed by atoms with Crippen LogP contribution in [0, 0.1) is 0 Å². The van der Waals surface area contributed by atoms with E-state index in [9.17, 15) is 9.00 Å². The van der Waals surface area contributed by atoms with E-state index in [0.717, 1.165) is 10.6 Å². The SMILES string of the molecule is CC(C)NC(=O)N1CCS(=O)c2ccccc21. The summed E-state index contributed by atoms with van der Waals surface area (Å²) < 4.78 is 11.8. The van der Waals surface area contributed by atoms with Gasteiger partial charge in [-0.3, -0.25) is 9.11 Å². The van der Waals surface area contributed by atoms with E-state index in [4.69, 9.17) is 0 Å². The Morgan fingerprint density at radius 1 is 1.41 bits per heavy atom. The van der Waals surface area contributed by atoms with Crippen LogP contribution in [0.5, 0.6) is 0 Å². The number of hydrogen-bond donors (Lipinski definition) is 1. The minimum Gasteiger partial charge on any atom is -0.336 e. The number of amides is 2.